The van der Waals surface area contributed by atoms with E-state index < -0.39 is 0 Å². The topological polar surface area (TPSA) is 77.8 Å². The van der Waals surface area contributed by atoms with Gasteiger partial charge in [-0.25, -0.2) is 4.98 Å². The fourth-order valence-corrected chi connectivity index (χ4v) is 4.37. The minimum atomic E-state index is -0.176. The van der Waals surface area contributed by atoms with Crippen LogP contribution in [0.25, 0.3) is 4.96 Å². The summed E-state index contributed by atoms with van der Waals surface area (Å²) in [6.07, 6.45) is 3.29. The van der Waals surface area contributed by atoms with E-state index in [1.807, 2.05) is 6.07 Å². The maximum absolute atomic E-state index is 11.9. The molecule has 1 fully saturated rings. The number of nitrogens with zero attached hydrogens (tertiary/aromatic N) is 3. The Balaban J connectivity index is 1.67. The van der Waals surface area contributed by atoms with Crippen LogP contribution in [0.3, 0.4) is 0 Å². The quantitative estimate of drug-likeness (QED) is 0.726. The van der Waals surface area contributed by atoms with E-state index >= 15 is 0 Å². The lowest BCUT2D eigenvalue weighted by atomic mass is 9.73. The van der Waals surface area contributed by atoms with Crippen LogP contribution in [0.15, 0.2) is 35.3 Å². The number of aryl methyl sites for hydroxylation is 1. The molecule has 0 saturated carbocycles. The molecule has 1 N–H and O–H groups in total. The van der Waals surface area contributed by atoms with Crippen LogP contribution in [0.4, 0.5) is 5.13 Å². The molecular weight excluding hydrogens is 364 g/mol. The van der Waals surface area contributed by atoms with Gasteiger partial charge in [0.05, 0.1) is 7.11 Å². The summed E-state index contributed by atoms with van der Waals surface area (Å²) in [6.45, 7) is 4.19. The molecule has 0 radical (unpaired) electrons. The van der Waals surface area contributed by atoms with Crippen molar-refractivity contribution in [2.24, 2.45) is 0 Å². The van der Waals surface area contributed by atoms with Crippen molar-refractivity contribution in [3.63, 3.8) is 0 Å². The van der Waals surface area contributed by atoms with Crippen LogP contribution in [0.2, 0.25) is 0 Å². The summed E-state index contributed by atoms with van der Waals surface area (Å²) in [7, 11) is 1.71. The highest BCUT2D eigenvalue weighted by Crippen LogP contribution is 2.40. The van der Waals surface area contributed by atoms with Crippen molar-refractivity contribution >= 4 is 21.4 Å². The van der Waals surface area contributed by atoms with E-state index in [0.29, 0.717) is 29.9 Å². The van der Waals surface area contributed by atoms with Crippen molar-refractivity contribution in [3.05, 3.63) is 51.9 Å². The average Bonchev–Trinajstić information content (AvgIpc) is 3.12. The lowest BCUT2D eigenvalue weighted by Crippen LogP contribution is -2.40. The molecule has 142 valence electrons. The van der Waals surface area contributed by atoms with Crippen molar-refractivity contribution in [1.29, 1.82) is 0 Å². The van der Waals surface area contributed by atoms with Crippen LogP contribution in [0, 0.1) is 6.92 Å². The molecular formula is C19H22N4O3S. The number of hydrogen-bond acceptors (Lipinski definition) is 7. The SMILES string of the molecule is COc1ccc(C)cc1C1(CNc2nn3c(=O)ccnc3s2)CCOCC1. The van der Waals surface area contributed by atoms with Gasteiger partial charge in [-0.15, -0.1) is 5.10 Å². The second kappa shape index (κ2) is 7.28. The minimum Gasteiger partial charge on any atom is -0.496 e. The Morgan fingerprint density at radius 2 is 2.15 bits per heavy atom. The summed E-state index contributed by atoms with van der Waals surface area (Å²) in [5.74, 6) is 0.895. The Hall–Kier alpha value is -2.45. The number of benzene rings is 1. The van der Waals surface area contributed by atoms with Crippen molar-refractivity contribution < 1.29 is 9.47 Å². The largest absolute Gasteiger partial charge is 0.496 e. The van der Waals surface area contributed by atoms with Crippen LogP contribution in [0.1, 0.15) is 24.0 Å². The maximum atomic E-state index is 11.9. The van der Waals surface area contributed by atoms with Crippen molar-refractivity contribution in [1.82, 2.24) is 14.6 Å². The summed E-state index contributed by atoms with van der Waals surface area (Å²) in [6, 6.07) is 7.71. The van der Waals surface area contributed by atoms with Gasteiger partial charge in [0.15, 0.2) is 0 Å². The molecule has 4 rings (SSSR count). The van der Waals surface area contributed by atoms with Gasteiger partial charge >= 0.3 is 0 Å². The van der Waals surface area contributed by atoms with Crippen molar-refractivity contribution in [3.8, 4) is 5.75 Å². The van der Waals surface area contributed by atoms with Crippen LogP contribution >= 0.6 is 11.3 Å². The summed E-state index contributed by atoms with van der Waals surface area (Å²) < 4.78 is 12.6. The number of fused-ring (bicyclic) bond motifs is 1. The monoisotopic (exact) mass is 386 g/mol. The third-order valence-corrected chi connectivity index (χ3v) is 6.01. The van der Waals surface area contributed by atoms with E-state index in [1.54, 1.807) is 7.11 Å². The molecule has 8 heteroatoms. The number of rotatable bonds is 5. The second-order valence-corrected chi connectivity index (χ2v) is 7.79. The molecule has 1 aromatic carbocycles. The fraction of sp³-hybridized carbons (Fsp3) is 0.421. The van der Waals surface area contributed by atoms with E-state index in [1.165, 1.54) is 39.2 Å². The molecule has 0 spiro atoms. The molecule has 0 bridgehead atoms. The number of hydrogen-bond donors (Lipinski definition) is 1. The third kappa shape index (κ3) is 3.42. The van der Waals surface area contributed by atoms with Gasteiger partial charge in [-0.2, -0.15) is 4.52 Å². The summed E-state index contributed by atoms with van der Waals surface area (Å²) in [4.78, 5) is 16.7. The standard InChI is InChI=1S/C19H22N4O3S/c1-13-3-4-15(25-2)14(11-13)19(6-9-26-10-7-19)12-21-17-22-23-16(24)5-8-20-18(23)27-17/h3-5,8,11H,6-7,9-10,12H2,1-2H3,(H,21,22). The van der Waals surface area contributed by atoms with Gasteiger partial charge in [-0.1, -0.05) is 29.0 Å². The van der Waals surface area contributed by atoms with Gasteiger partial charge in [-0.3, -0.25) is 4.79 Å². The van der Waals surface area contributed by atoms with Crippen LogP contribution in [-0.4, -0.2) is 41.5 Å². The van der Waals surface area contributed by atoms with Gasteiger partial charge in [0.2, 0.25) is 10.1 Å². The molecule has 2 aromatic heterocycles. The highest BCUT2D eigenvalue weighted by atomic mass is 32.1. The first-order chi connectivity index (χ1) is 13.1. The number of methoxy groups -OCH3 is 1. The number of anilines is 1. The van der Waals surface area contributed by atoms with E-state index in [4.69, 9.17) is 9.47 Å². The highest BCUT2D eigenvalue weighted by Gasteiger charge is 2.37. The second-order valence-electron chi connectivity index (χ2n) is 6.83. The van der Waals surface area contributed by atoms with Gasteiger partial charge in [0.25, 0.3) is 5.56 Å². The first kappa shape index (κ1) is 17.9. The average molecular weight is 386 g/mol. The Morgan fingerprint density at radius 1 is 1.33 bits per heavy atom. The molecule has 0 unspecified atom stereocenters. The first-order valence-corrected chi connectivity index (χ1v) is 9.75. The lowest BCUT2D eigenvalue weighted by molar-refractivity contribution is 0.0535. The molecule has 3 heterocycles. The summed E-state index contributed by atoms with van der Waals surface area (Å²) >= 11 is 1.37. The van der Waals surface area contributed by atoms with E-state index in [2.05, 4.69) is 34.5 Å². The van der Waals surface area contributed by atoms with Gasteiger partial charge in [-0.05, 0) is 25.8 Å². The molecule has 1 aliphatic rings. The smallest absolute Gasteiger partial charge is 0.275 e. The minimum absolute atomic E-state index is 0.119. The zero-order chi connectivity index (χ0) is 18.9. The van der Waals surface area contributed by atoms with Gasteiger partial charge < -0.3 is 14.8 Å². The van der Waals surface area contributed by atoms with Crippen LogP contribution in [-0.2, 0) is 10.2 Å². The summed E-state index contributed by atoms with van der Waals surface area (Å²) in [5.41, 5.74) is 2.10. The molecule has 1 saturated heterocycles. The molecule has 1 aliphatic heterocycles. The third-order valence-electron chi connectivity index (χ3n) is 5.13. The molecule has 0 aliphatic carbocycles. The highest BCUT2D eigenvalue weighted by molar-refractivity contribution is 7.20. The molecule has 27 heavy (non-hydrogen) atoms. The maximum Gasteiger partial charge on any atom is 0.275 e. The number of nitrogens with one attached hydrogen (secondary N) is 1. The molecule has 0 atom stereocenters. The van der Waals surface area contributed by atoms with E-state index in [0.717, 1.165) is 18.6 Å². The van der Waals surface area contributed by atoms with E-state index in [9.17, 15) is 4.79 Å². The van der Waals surface area contributed by atoms with E-state index in [-0.39, 0.29) is 11.0 Å². The zero-order valence-electron chi connectivity index (χ0n) is 15.4. The Labute approximate surface area is 161 Å². The van der Waals surface area contributed by atoms with Crippen LogP contribution < -0.4 is 15.6 Å². The Kier molecular flexibility index (Phi) is 4.84. The first-order valence-electron chi connectivity index (χ1n) is 8.93. The normalized spacial score (nSPS) is 16.4. The number of ether oxygens (including phenoxy) is 2. The molecule has 3 aromatic rings. The Morgan fingerprint density at radius 3 is 2.89 bits per heavy atom. The van der Waals surface area contributed by atoms with Crippen molar-refractivity contribution in [2.45, 2.75) is 25.2 Å². The lowest BCUT2D eigenvalue weighted by Gasteiger charge is -2.38. The molecule has 0 amide bonds. The zero-order valence-corrected chi connectivity index (χ0v) is 16.2. The predicted octanol–water partition coefficient (Wildman–Crippen LogP) is 2.63. The van der Waals surface area contributed by atoms with Gasteiger partial charge in [0.1, 0.15) is 5.75 Å². The summed E-state index contributed by atoms with van der Waals surface area (Å²) in [5, 5.41) is 8.49. The molecule has 7 nitrogen and oxygen atoms in total. The Bertz CT molecular complexity index is 1010. The van der Waals surface area contributed by atoms with Crippen LogP contribution in [0.5, 0.6) is 5.75 Å². The fourth-order valence-electron chi connectivity index (χ4n) is 3.60. The van der Waals surface area contributed by atoms with Crippen molar-refractivity contribution in [2.75, 3.05) is 32.2 Å². The number of aromatic nitrogens is 3. The predicted molar refractivity (Wildman–Crippen MR) is 105 cm³/mol. The van der Waals surface area contributed by atoms with Gasteiger partial charge in [0, 0.05) is 43.0 Å².